The van der Waals surface area contributed by atoms with Gasteiger partial charge in [0.15, 0.2) is 0 Å². The van der Waals surface area contributed by atoms with E-state index in [4.69, 9.17) is 0 Å². The molecule has 0 N–H and O–H groups in total. The normalized spacial score (nSPS) is 12.1. The van der Waals surface area contributed by atoms with Crippen LogP contribution in [0.15, 0.2) is 27.9 Å². The summed E-state index contributed by atoms with van der Waals surface area (Å²) in [5.41, 5.74) is 3.00. The van der Waals surface area contributed by atoms with Crippen LogP contribution in [0, 0.1) is 19.7 Å². The van der Waals surface area contributed by atoms with E-state index in [0.29, 0.717) is 16.8 Å². The van der Waals surface area contributed by atoms with Crippen molar-refractivity contribution in [2.24, 2.45) is 0 Å². The van der Waals surface area contributed by atoms with E-state index in [1.54, 1.807) is 24.7 Å². The van der Waals surface area contributed by atoms with Crippen molar-refractivity contribution < 1.29 is 12.8 Å². The predicted molar refractivity (Wildman–Crippen MR) is 76.6 cm³/mol. The molecule has 1 aromatic heterocycles. The third kappa shape index (κ3) is 2.89. The second-order valence-electron chi connectivity index (χ2n) is 4.61. The fourth-order valence-electron chi connectivity index (χ4n) is 1.86. The summed E-state index contributed by atoms with van der Waals surface area (Å²) >= 11 is 1.41. The number of nitrogens with zero attached hydrogens (tertiary/aromatic N) is 2. The summed E-state index contributed by atoms with van der Waals surface area (Å²) in [6.07, 6.45) is 0. The van der Waals surface area contributed by atoms with Crippen molar-refractivity contribution in [2.45, 2.75) is 25.3 Å². The van der Waals surface area contributed by atoms with Crippen LogP contribution in [0.2, 0.25) is 0 Å². The van der Waals surface area contributed by atoms with Crippen molar-refractivity contribution in [2.75, 3.05) is 7.05 Å². The van der Waals surface area contributed by atoms with E-state index in [0.717, 1.165) is 0 Å². The smallest absolute Gasteiger partial charge is 0.243 e. The van der Waals surface area contributed by atoms with Crippen LogP contribution in [0.4, 0.5) is 4.39 Å². The first-order valence-corrected chi connectivity index (χ1v) is 8.31. The van der Waals surface area contributed by atoms with E-state index >= 15 is 0 Å². The molecule has 1 aromatic carbocycles. The van der Waals surface area contributed by atoms with Gasteiger partial charge < -0.3 is 0 Å². The molecule has 0 saturated carbocycles. The van der Waals surface area contributed by atoms with Crippen LogP contribution in [0.25, 0.3) is 0 Å². The van der Waals surface area contributed by atoms with Crippen molar-refractivity contribution in [3.8, 4) is 0 Å². The summed E-state index contributed by atoms with van der Waals surface area (Å²) in [6, 6.07) is 2.71. The van der Waals surface area contributed by atoms with Gasteiger partial charge in [0.2, 0.25) is 10.0 Å². The molecule has 0 radical (unpaired) electrons. The Bertz CT molecular complexity index is 689. The fourth-order valence-corrected chi connectivity index (χ4v) is 3.73. The zero-order valence-corrected chi connectivity index (χ0v) is 13.1. The Labute approximate surface area is 121 Å². The molecule has 0 aliphatic heterocycles. The number of thiazole rings is 1. The van der Waals surface area contributed by atoms with Crippen molar-refractivity contribution in [1.29, 1.82) is 0 Å². The minimum absolute atomic E-state index is 0.103. The summed E-state index contributed by atoms with van der Waals surface area (Å²) in [5, 5.41) is 1.80. The van der Waals surface area contributed by atoms with E-state index in [1.165, 1.54) is 34.8 Å². The molecular formula is C13H15FN2O2S2. The lowest BCUT2D eigenvalue weighted by molar-refractivity contribution is 0.462. The maximum absolute atomic E-state index is 13.6. The monoisotopic (exact) mass is 314 g/mol. The quantitative estimate of drug-likeness (QED) is 0.872. The van der Waals surface area contributed by atoms with Gasteiger partial charge in [0.05, 0.1) is 22.6 Å². The molecule has 0 amide bonds. The second-order valence-corrected chi connectivity index (χ2v) is 7.38. The minimum atomic E-state index is -3.65. The first-order valence-electron chi connectivity index (χ1n) is 5.92. The molecule has 0 fully saturated rings. The summed E-state index contributed by atoms with van der Waals surface area (Å²) in [6.45, 7) is 3.31. The maximum atomic E-state index is 13.6. The number of aryl methyl sites for hydroxylation is 2. The molecule has 0 aliphatic rings. The van der Waals surface area contributed by atoms with Gasteiger partial charge in [-0.3, -0.25) is 0 Å². The Morgan fingerprint density at radius 2 is 1.90 bits per heavy atom. The SMILES string of the molecule is Cc1cc(S(=O)(=O)N(C)Cc2cscn2)cc(C)c1F. The van der Waals surface area contributed by atoms with E-state index < -0.39 is 10.0 Å². The Morgan fingerprint density at radius 1 is 1.30 bits per heavy atom. The van der Waals surface area contributed by atoms with Gasteiger partial charge in [-0.1, -0.05) is 0 Å². The molecule has 0 atom stereocenters. The number of benzene rings is 1. The van der Waals surface area contributed by atoms with E-state index in [2.05, 4.69) is 4.98 Å². The summed E-state index contributed by atoms with van der Waals surface area (Å²) in [5.74, 6) is -0.369. The van der Waals surface area contributed by atoms with Gasteiger partial charge in [0, 0.05) is 12.4 Å². The van der Waals surface area contributed by atoms with Gasteiger partial charge in [-0.25, -0.2) is 17.8 Å². The summed E-state index contributed by atoms with van der Waals surface area (Å²) < 4.78 is 39.7. The molecule has 2 rings (SSSR count). The molecule has 2 aromatic rings. The highest BCUT2D eigenvalue weighted by Gasteiger charge is 2.23. The van der Waals surface area contributed by atoms with Crippen molar-refractivity contribution in [1.82, 2.24) is 9.29 Å². The molecule has 20 heavy (non-hydrogen) atoms. The lowest BCUT2D eigenvalue weighted by Gasteiger charge is -2.17. The standard InChI is InChI=1S/C13H15FN2O2S2/c1-9-4-12(5-10(2)13(9)14)20(17,18)16(3)6-11-7-19-8-15-11/h4-5,7-8H,6H2,1-3H3. The highest BCUT2D eigenvalue weighted by Crippen LogP contribution is 2.22. The maximum Gasteiger partial charge on any atom is 0.243 e. The van der Waals surface area contributed by atoms with E-state index in [9.17, 15) is 12.8 Å². The molecular weight excluding hydrogens is 299 g/mol. The van der Waals surface area contributed by atoms with Crippen LogP contribution in [0.5, 0.6) is 0 Å². The van der Waals surface area contributed by atoms with Crippen LogP contribution in [-0.4, -0.2) is 24.8 Å². The second kappa shape index (κ2) is 5.59. The molecule has 7 heteroatoms. The first-order chi connectivity index (χ1) is 9.32. The number of hydrogen-bond donors (Lipinski definition) is 0. The highest BCUT2D eigenvalue weighted by atomic mass is 32.2. The average Bonchev–Trinajstić information content (AvgIpc) is 2.88. The molecule has 0 unspecified atom stereocenters. The fraction of sp³-hybridized carbons (Fsp3) is 0.308. The van der Waals surface area contributed by atoms with Gasteiger partial charge in [-0.2, -0.15) is 4.31 Å². The topological polar surface area (TPSA) is 50.3 Å². The lowest BCUT2D eigenvalue weighted by atomic mass is 10.1. The summed E-state index contributed by atoms with van der Waals surface area (Å²) in [7, 11) is -2.16. The van der Waals surface area contributed by atoms with Crippen LogP contribution in [-0.2, 0) is 16.6 Å². The number of halogens is 1. The van der Waals surface area contributed by atoms with Crippen LogP contribution >= 0.6 is 11.3 Å². The third-order valence-electron chi connectivity index (χ3n) is 2.99. The zero-order valence-electron chi connectivity index (χ0n) is 11.4. The molecule has 0 bridgehead atoms. The van der Waals surface area contributed by atoms with E-state index in [-0.39, 0.29) is 17.3 Å². The number of rotatable bonds is 4. The number of hydrogen-bond acceptors (Lipinski definition) is 4. The number of sulfonamides is 1. The Morgan fingerprint density at radius 3 is 2.40 bits per heavy atom. The average molecular weight is 314 g/mol. The highest BCUT2D eigenvalue weighted by molar-refractivity contribution is 7.89. The molecule has 0 saturated heterocycles. The van der Waals surface area contributed by atoms with E-state index in [1.807, 2.05) is 0 Å². The molecule has 0 spiro atoms. The predicted octanol–water partition coefficient (Wildman–Crippen LogP) is 2.72. The Hall–Kier alpha value is -1.31. The van der Waals surface area contributed by atoms with Gasteiger partial charge in [0.25, 0.3) is 0 Å². The minimum Gasteiger partial charge on any atom is -0.248 e. The molecule has 0 aliphatic carbocycles. The van der Waals surface area contributed by atoms with Crippen LogP contribution in [0.3, 0.4) is 0 Å². The van der Waals surface area contributed by atoms with Gasteiger partial charge >= 0.3 is 0 Å². The molecule has 108 valence electrons. The van der Waals surface area contributed by atoms with Gasteiger partial charge in [-0.05, 0) is 37.1 Å². The van der Waals surface area contributed by atoms with Gasteiger partial charge in [0.1, 0.15) is 5.82 Å². The zero-order chi connectivity index (χ0) is 14.9. The molecule has 1 heterocycles. The van der Waals surface area contributed by atoms with Crippen molar-refractivity contribution >= 4 is 21.4 Å². The first kappa shape index (κ1) is 15.1. The number of aromatic nitrogens is 1. The summed E-state index contributed by atoms with van der Waals surface area (Å²) in [4.78, 5) is 4.17. The van der Waals surface area contributed by atoms with Crippen LogP contribution in [0.1, 0.15) is 16.8 Å². The largest absolute Gasteiger partial charge is 0.248 e. The molecule has 4 nitrogen and oxygen atoms in total. The Balaban J connectivity index is 2.35. The Kier molecular flexibility index (Phi) is 4.22. The lowest BCUT2D eigenvalue weighted by Crippen LogP contribution is -2.26. The van der Waals surface area contributed by atoms with Crippen molar-refractivity contribution in [3.05, 3.63) is 45.7 Å². The van der Waals surface area contributed by atoms with Crippen LogP contribution < -0.4 is 0 Å². The van der Waals surface area contributed by atoms with Crippen molar-refractivity contribution in [3.63, 3.8) is 0 Å². The third-order valence-corrected chi connectivity index (χ3v) is 5.40. The van der Waals surface area contributed by atoms with Gasteiger partial charge in [-0.15, -0.1) is 11.3 Å².